The van der Waals surface area contributed by atoms with Crippen molar-refractivity contribution in [3.63, 3.8) is 0 Å². The first-order chi connectivity index (χ1) is 19.5. The minimum Gasteiger partial charge on any atom is -0.462 e. The molecular weight excluding hydrogens is 506 g/mol. The fraction of sp³-hybridized carbons (Fsp3) is 0.219. The van der Waals surface area contributed by atoms with Crippen LogP contribution in [0.4, 0.5) is 5.69 Å². The highest BCUT2D eigenvalue weighted by Crippen LogP contribution is 2.31. The first-order valence-corrected chi connectivity index (χ1v) is 13.4. The number of aromatic nitrogens is 1. The van der Waals surface area contributed by atoms with Crippen molar-refractivity contribution in [2.75, 3.05) is 37.7 Å². The molecule has 202 valence electrons. The highest BCUT2D eigenvalue weighted by molar-refractivity contribution is 6.05. The molecule has 8 nitrogen and oxygen atoms in total. The Hall–Kier alpha value is -4.85. The van der Waals surface area contributed by atoms with E-state index in [0.29, 0.717) is 44.2 Å². The largest absolute Gasteiger partial charge is 0.462 e. The van der Waals surface area contributed by atoms with Crippen molar-refractivity contribution in [1.82, 2.24) is 9.47 Å². The Morgan fingerprint density at radius 2 is 1.62 bits per heavy atom. The van der Waals surface area contributed by atoms with Gasteiger partial charge in [0.05, 0.1) is 30.6 Å². The summed E-state index contributed by atoms with van der Waals surface area (Å²) in [5, 5.41) is 2.99. The van der Waals surface area contributed by atoms with Crippen molar-refractivity contribution in [3.05, 3.63) is 112 Å². The zero-order chi connectivity index (χ0) is 27.6. The van der Waals surface area contributed by atoms with E-state index in [1.54, 1.807) is 28.5 Å². The summed E-state index contributed by atoms with van der Waals surface area (Å²) in [4.78, 5) is 44.0. The number of hydrogen-bond acceptors (Lipinski definition) is 6. The van der Waals surface area contributed by atoms with Gasteiger partial charge in [-0.3, -0.25) is 9.59 Å². The molecule has 0 bridgehead atoms. The van der Waals surface area contributed by atoms with Gasteiger partial charge in [0.15, 0.2) is 5.76 Å². The van der Waals surface area contributed by atoms with Gasteiger partial charge in [0, 0.05) is 31.6 Å². The molecule has 0 unspecified atom stereocenters. The van der Waals surface area contributed by atoms with Crippen LogP contribution in [0.15, 0.2) is 94.3 Å². The van der Waals surface area contributed by atoms with E-state index in [9.17, 15) is 14.4 Å². The number of rotatable bonds is 6. The summed E-state index contributed by atoms with van der Waals surface area (Å²) in [7, 11) is 0. The second-order valence-corrected chi connectivity index (χ2v) is 9.79. The number of fused-ring (bicyclic) bond motifs is 2. The Morgan fingerprint density at radius 1 is 0.875 bits per heavy atom. The third-order valence-corrected chi connectivity index (χ3v) is 7.39. The summed E-state index contributed by atoms with van der Waals surface area (Å²) in [5.74, 6) is -0.525. The molecule has 1 aliphatic heterocycles. The molecule has 3 heterocycles. The van der Waals surface area contributed by atoms with E-state index >= 15 is 0 Å². The predicted molar refractivity (Wildman–Crippen MR) is 154 cm³/mol. The van der Waals surface area contributed by atoms with Crippen molar-refractivity contribution in [1.29, 1.82) is 0 Å². The molecule has 8 heteroatoms. The van der Waals surface area contributed by atoms with Crippen molar-refractivity contribution in [2.24, 2.45) is 0 Å². The highest BCUT2D eigenvalue weighted by atomic mass is 16.5. The van der Waals surface area contributed by atoms with Crippen LogP contribution in [0.25, 0.3) is 21.7 Å². The lowest BCUT2D eigenvalue weighted by atomic mass is 10.0. The number of amides is 1. The first kappa shape index (κ1) is 25.4. The van der Waals surface area contributed by atoms with E-state index in [-0.39, 0.29) is 18.1 Å². The minimum atomic E-state index is -0.644. The number of hydrogen-bond donors (Lipinski definition) is 0. The van der Waals surface area contributed by atoms with E-state index in [2.05, 4.69) is 12.1 Å². The molecule has 1 aliphatic rings. The highest BCUT2D eigenvalue weighted by Gasteiger charge is 2.30. The SMILES string of the molecule is CCOC(=O)c1c(N2CCN(C(=O)c3ccco3)CC2)c2ccccc2n(Cc2ccc3ccccc3c2)c1=O. The Morgan fingerprint density at radius 3 is 2.38 bits per heavy atom. The van der Waals surface area contributed by atoms with Crippen LogP contribution < -0.4 is 10.5 Å². The van der Waals surface area contributed by atoms with E-state index in [1.165, 1.54) is 6.26 Å². The number of esters is 1. The van der Waals surface area contributed by atoms with Crippen LogP contribution in [0.3, 0.4) is 0 Å². The summed E-state index contributed by atoms with van der Waals surface area (Å²) < 4.78 is 12.3. The van der Waals surface area contributed by atoms with Gasteiger partial charge < -0.3 is 23.5 Å². The van der Waals surface area contributed by atoms with Gasteiger partial charge in [-0.15, -0.1) is 0 Å². The molecule has 0 N–H and O–H groups in total. The van der Waals surface area contributed by atoms with Gasteiger partial charge in [-0.1, -0.05) is 54.6 Å². The monoisotopic (exact) mass is 535 g/mol. The van der Waals surface area contributed by atoms with Gasteiger partial charge in [0.2, 0.25) is 0 Å². The third kappa shape index (κ3) is 4.62. The van der Waals surface area contributed by atoms with Crippen LogP contribution in [0.5, 0.6) is 0 Å². The van der Waals surface area contributed by atoms with Crippen LogP contribution in [0, 0.1) is 0 Å². The Kier molecular flexibility index (Phi) is 6.82. The number of furan rings is 1. The molecule has 40 heavy (non-hydrogen) atoms. The number of carbonyl (C=O) groups is 2. The fourth-order valence-electron chi connectivity index (χ4n) is 5.47. The lowest BCUT2D eigenvalue weighted by molar-refractivity contribution is 0.0523. The zero-order valence-corrected chi connectivity index (χ0v) is 22.2. The molecule has 0 aliphatic carbocycles. The van der Waals surface area contributed by atoms with Gasteiger partial charge in [0.25, 0.3) is 11.5 Å². The van der Waals surface area contributed by atoms with Gasteiger partial charge in [-0.05, 0) is 47.5 Å². The average Bonchev–Trinajstić information content (AvgIpc) is 3.53. The third-order valence-electron chi connectivity index (χ3n) is 7.39. The summed E-state index contributed by atoms with van der Waals surface area (Å²) in [5.41, 5.74) is 1.87. The minimum absolute atomic E-state index is 0.0205. The molecule has 3 aromatic carbocycles. The lowest BCUT2D eigenvalue weighted by Crippen LogP contribution is -2.49. The predicted octanol–water partition coefficient (Wildman–Crippen LogP) is 4.94. The van der Waals surface area contributed by atoms with E-state index in [4.69, 9.17) is 9.15 Å². The average molecular weight is 536 g/mol. The number of para-hydroxylation sites is 1. The summed E-state index contributed by atoms with van der Waals surface area (Å²) in [6.07, 6.45) is 1.48. The molecule has 0 spiro atoms. The van der Waals surface area contributed by atoms with Crippen LogP contribution in [-0.2, 0) is 11.3 Å². The number of piperazine rings is 1. The summed E-state index contributed by atoms with van der Waals surface area (Å²) in [6, 6.07) is 25.2. The van der Waals surface area contributed by atoms with Crippen molar-refractivity contribution >= 4 is 39.2 Å². The Labute approximate surface area is 231 Å². The van der Waals surface area contributed by atoms with Gasteiger partial charge >= 0.3 is 5.97 Å². The smallest absolute Gasteiger partial charge is 0.345 e. The molecule has 0 saturated carbocycles. The maximum absolute atomic E-state index is 14.1. The van der Waals surface area contributed by atoms with Gasteiger partial charge in [-0.25, -0.2) is 4.79 Å². The van der Waals surface area contributed by atoms with Crippen LogP contribution in [-0.4, -0.2) is 54.1 Å². The van der Waals surface area contributed by atoms with Gasteiger partial charge in [-0.2, -0.15) is 0 Å². The van der Waals surface area contributed by atoms with Crippen LogP contribution in [0.2, 0.25) is 0 Å². The normalized spacial score (nSPS) is 13.6. The van der Waals surface area contributed by atoms with Crippen LogP contribution in [0.1, 0.15) is 33.4 Å². The second kappa shape index (κ2) is 10.7. The summed E-state index contributed by atoms with van der Waals surface area (Å²) in [6.45, 7) is 3.95. The Bertz CT molecular complexity index is 1770. The maximum atomic E-state index is 14.1. The van der Waals surface area contributed by atoms with Crippen molar-refractivity contribution < 1.29 is 18.7 Å². The number of nitrogens with zero attached hydrogens (tertiary/aromatic N) is 3. The fourth-order valence-corrected chi connectivity index (χ4v) is 5.47. The molecule has 0 atom stereocenters. The topological polar surface area (TPSA) is 85.0 Å². The quantitative estimate of drug-likeness (QED) is 0.287. The number of anilines is 1. The zero-order valence-electron chi connectivity index (χ0n) is 22.2. The van der Waals surface area contributed by atoms with Crippen molar-refractivity contribution in [2.45, 2.75) is 13.5 Å². The standard InChI is InChI=1S/C32H29N3O5/c1-2-39-32(38)28-29(33-15-17-34(18-16-33)30(36)27-12-7-19-40-27)25-10-5-6-11-26(25)35(31(28)37)21-22-13-14-23-8-3-4-9-24(23)20-22/h3-14,19-20H,2,15-18,21H2,1H3. The van der Waals surface area contributed by atoms with Crippen molar-refractivity contribution in [3.8, 4) is 0 Å². The molecule has 0 radical (unpaired) electrons. The molecule has 1 saturated heterocycles. The number of pyridine rings is 1. The lowest BCUT2D eigenvalue weighted by Gasteiger charge is -2.37. The molecule has 1 fully saturated rings. The molecular formula is C32H29N3O5. The Balaban J connectivity index is 1.42. The number of ether oxygens (including phenoxy) is 1. The molecule has 5 aromatic rings. The van der Waals surface area contributed by atoms with E-state index in [1.807, 2.05) is 59.5 Å². The second-order valence-electron chi connectivity index (χ2n) is 9.79. The van der Waals surface area contributed by atoms with Crippen LogP contribution >= 0.6 is 0 Å². The molecule has 1 amide bonds. The van der Waals surface area contributed by atoms with Gasteiger partial charge in [0.1, 0.15) is 5.56 Å². The number of carbonyl (C=O) groups excluding carboxylic acids is 2. The first-order valence-electron chi connectivity index (χ1n) is 13.4. The number of benzene rings is 3. The van der Waals surface area contributed by atoms with E-state index in [0.717, 1.165) is 27.2 Å². The summed E-state index contributed by atoms with van der Waals surface area (Å²) >= 11 is 0. The maximum Gasteiger partial charge on any atom is 0.345 e. The molecule has 6 rings (SSSR count). The molecule has 2 aromatic heterocycles. The van der Waals surface area contributed by atoms with E-state index < -0.39 is 11.5 Å².